The number of aryl methyl sites for hydroxylation is 1. The van der Waals surface area contributed by atoms with Gasteiger partial charge in [0.05, 0.1) is 0 Å². The molecule has 0 N–H and O–H groups in total. The molecule has 1 aliphatic heterocycles. The summed E-state index contributed by atoms with van der Waals surface area (Å²) >= 11 is 0. The van der Waals surface area contributed by atoms with E-state index in [1.165, 1.54) is 31.4 Å². The molecule has 0 amide bonds. The number of hydrogen-bond donors (Lipinski definition) is 0. The van der Waals surface area contributed by atoms with Crippen LogP contribution in [0.3, 0.4) is 0 Å². The average molecular weight is 204 g/mol. The van der Waals surface area contributed by atoms with Crippen molar-refractivity contribution in [2.45, 2.75) is 39.2 Å². The van der Waals surface area contributed by atoms with E-state index >= 15 is 0 Å². The fourth-order valence-electron chi connectivity index (χ4n) is 2.42. The highest BCUT2D eigenvalue weighted by Crippen LogP contribution is 2.29. The van der Waals surface area contributed by atoms with E-state index in [4.69, 9.17) is 0 Å². The highest BCUT2D eigenvalue weighted by molar-refractivity contribution is 5.17. The molecular weight excluding hydrogens is 184 g/mol. The van der Waals surface area contributed by atoms with Crippen LogP contribution in [-0.2, 0) is 0 Å². The van der Waals surface area contributed by atoms with Gasteiger partial charge < -0.3 is 0 Å². The number of hydrogen-bond acceptors (Lipinski definition) is 2. The summed E-state index contributed by atoms with van der Waals surface area (Å²) in [6.45, 7) is 6.69. The van der Waals surface area contributed by atoms with Crippen LogP contribution >= 0.6 is 0 Å². The van der Waals surface area contributed by atoms with Gasteiger partial charge in [0.15, 0.2) is 0 Å². The molecule has 1 fully saturated rings. The highest BCUT2D eigenvalue weighted by atomic mass is 15.2. The van der Waals surface area contributed by atoms with Crippen LogP contribution in [0.15, 0.2) is 18.3 Å². The zero-order chi connectivity index (χ0) is 10.7. The van der Waals surface area contributed by atoms with Crippen molar-refractivity contribution in [1.82, 2.24) is 9.88 Å². The Morgan fingerprint density at radius 3 is 2.93 bits per heavy atom. The van der Waals surface area contributed by atoms with E-state index in [1.54, 1.807) is 0 Å². The van der Waals surface area contributed by atoms with Gasteiger partial charge in [-0.25, -0.2) is 0 Å². The Morgan fingerprint density at radius 1 is 1.40 bits per heavy atom. The van der Waals surface area contributed by atoms with Gasteiger partial charge in [-0.3, -0.25) is 9.88 Å². The topological polar surface area (TPSA) is 16.1 Å². The zero-order valence-electron chi connectivity index (χ0n) is 9.74. The largest absolute Gasteiger partial charge is 0.297 e. The predicted molar refractivity (Wildman–Crippen MR) is 62.8 cm³/mol. The van der Waals surface area contributed by atoms with Crippen molar-refractivity contribution in [3.8, 4) is 0 Å². The van der Waals surface area contributed by atoms with Gasteiger partial charge in [0.25, 0.3) is 0 Å². The lowest BCUT2D eigenvalue weighted by molar-refractivity contribution is 0.157. The van der Waals surface area contributed by atoms with Crippen molar-refractivity contribution in [2.24, 2.45) is 0 Å². The first-order valence-corrected chi connectivity index (χ1v) is 5.98. The van der Waals surface area contributed by atoms with E-state index in [0.29, 0.717) is 6.04 Å². The van der Waals surface area contributed by atoms with Crippen LogP contribution in [0.2, 0.25) is 0 Å². The highest BCUT2D eigenvalue weighted by Gasteiger charge is 2.22. The number of aromatic nitrogens is 1. The van der Waals surface area contributed by atoms with Crippen molar-refractivity contribution >= 4 is 0 Å². The molecule has 0 aromatic carbocycles. The van der Waals surface area contributed by atoms with Crippen molar-refractivity contribution < 1.29 is 0 Å². The van der Waals surface area contributed by atoms with Gasteiger partial charge in [-0.05, 0) is 44.5 Å². The third-order valence-corrected chi connectivity index (χ3v) is 3.34. The second-order valence-corrected chi connectivity index (χ2v) is 4.37. The van der Waals surface area contributed by atoms with Crippen molar-refractivity contribution in [3.63, 3.8) is 0 Å². The molecule has 2 rings (SSSR count). The first-order valence-electron chi connectivity index (χ1n) is 5.98. The second-order valence-electron chi connectivity index (χ2n) is 4.37. The molecule has 0 saturated carbocycles. The van der Waals surface area contributed by atoms with Gasteiger partial charge in [0.2, 0.25) is 0 Å². The first kappa shape index (κ1) is 10.6. The summed E-state index contributed by atoms with van der Waals surface area (Å²) in [5.41, 5.74) is 2.50. The SMILES string of the molecule is CCN1CCCC[C@H]1c1ccc(C)nc1. The molecule has 2 heterocycles. The lowest BCUT2D eigenvalue weighted by atomic mass is 9.96. The Kier molecular flexibility index (Phi) is 3.37. The fourth-order valence-corrected chi connectivity index (χ4v) is 2.42. The Bertz CT molecular complexity index is 305. The van der Waals surface area contributed by atoms with E-state index in [2.05, 4.69) is 28.9 Å². The smallest absolute Gasteiger partial charge is 0.0372 e. The first-order chi connectivity index (χ1) is 7.31. The molecule has 0 unspecified atom stereocenters. The third kappa shape index (κ3) is 2.37. The molecule has 0 spiro atoms. The molecule has 15 heavy (non-hydrogen) atoms. The summed E-state index contributed by atoms with van der Waals surface area (Å²) in [5.74, 6) is 0. The van der Waals surface area contributed by atoms with Crippen LogP contribution in [0.5, 0.6) is 0 Å². The molecule has 1 aliphatic rings. The zero-order valence-corrected chi connectivity index (χ0v) is 9.74. The molecule has 2 nitrogen and oxygen atoms in total. The van der Waals surface area contributed by atoms with Gasteiger partial charge in [-0.2, -0.15) is 0 Å². The summed E-state index contributed by atoms with van der Waals surface area (Å²) in [6.07, 6.45) is 6.05. The standard InChI is InChI=1S/C13H20N2/c1-3-15-9-5-4-6-13(15)12-8-7-11(2)14-10-12/h7-8,10,13H,3-6,9H2,1-2H3/t13-/m0/s1. The Hall–Kier alpha value is -0.890. The van der Waals surface area contributed by atoms with Crippen molar-refractivity contribution in [2.75, 3.05) is 13.1 Å². The maximum Gasteiger partial charge on any atom is 0.0372 e. The van der Waals surface area contributed by atoms with Gasteiger partial charge in [-0.1, -0.05) is 19.4 Å². The number of pyridine rings is 1. The molecule has 1 aromatic rings. The number of piperidine rings is 1. The van der Waals surface area contributed by atoms with Gasteiger partial charge >= 0.3 is 0 Å². The molecule has 2 heteroatoms. The summed E-state index contributed by atoms with van der Waals surface area (Å²) in [4.78, 5) is 6.96. The van der Waals surface area contributed by atoms with E-state index < -0.39 is 0 Å². The summed E-state index contributed by atoms with van der Waals surface area (Å²) < 4.78 is 0. The minimum Gasteiger partial charge on any atom is -0.297 e. The number of rotatable bonds is 2. The minimum atomic E-state index is 0.608. The van der Waals surface area contributed by atoms with Gasteiger partial charge in [0, 0.05) is 17.9 Å². The molecule has 0 radical (unpaired) electrons. The molecule has 82 valence electrons. The maximum atomic E-state index is 4.40. The number of likely N-dealkylation sites (tertiary alicyclic amines) is 1. The van der Waals surface area contributed by atoms with E-state index in [-0.39, 0.29) is 0 Å². The minimum absolute atomic E-state index is 0.608. The number of nitrogens with zero attached hydrogens (tertiary/aromatic N) is 2. The lowest BCUT2D eigenvalue weighted by Crippen LogP contribution is -2.33. The average Bonchev–Trinajstić information content (AvgIpc) is 2.30. The maximum absolute atomic E-state index is 4.40. The van der Waals surface area contributed by atoms with Crippen LogP contribution < -0.4 is 0 Å². The second kappa shape index (κ2) is 4.75. The monoisotopic (exact) mass is 204 g/mol. The Labute approximate surface area is 92.3 Å². The Morgan fingerprint density at radius 2 is 2.27 bits per heavy atom. The van der Waals surface area contributed by atoms with Crippen LogP contribution in [0, 0.1) is 6.92 Å². The van der Waals surface area contributed by atoms with Crippen LogP contribution in [0.1, 0.15) is 43.5 Å². The van der Waals surface area contributed by atoms with Crippen molar-refractivity contribution in [1.29, 1.82) is 0 Å². The predicted octanol–water partition coefficient (Wildman–Crippen LogP) is 2.94. The van der Waals surface area contributed by atoms with Crippen LogP contribution in [-0.4, -0.2) is 23.0 Å². The van der Waals surface area contributed by atoms with E-state index in [9.17, 15) is 0 Å². The molecule has 1 aromatic heterocycles. The Balaban J connectivity index is 2.16. The molecular formula is C13H20N2. The summed E-state index contributed by atoms with van der Waals surface area (Å²) in [6, 6.07) is 4.97. The third-order valence-electron chi connectivity index (χ3n) is 3.34. The normalized spacial score (nSPS) is 22.9. The summed E-state index contributed by atoms with van der Waals surface area (Å²) in [5, 5.41) is 0. The van der Waals surface area contributed by atoms with Gasteiger partial charge in [-0.15, -0.1) is 0 Å². The van der Waals surface area contributed by atoms with Crippen molar-refractivity contribution in [3.05, 3.63) is 29.6 Å². The molecule has 0 aliphatic carbocycles. The van der Waals surface area contributed by atoms with Crippen LogP contribution in [0.25, 0.3) is 0 Å². The quantitative estimate of drug-likeness (QED) is 0.736. The van der Waals surface area contributed by atoms with E-state index in [1.807, 2.05) is 13.1 Å². The molecule has 1 saturated heterocycles. The molecule has 1 atom stereocenters. The lowest BCUT2D eigenvalue weighted by Gasteiger charge is -2.35. The van der Waals surface area contributed by atoms with E-state index in [0.717, 1.165) is 12.2 Å². The van der Waals surface area contributed by atoms with Crippen LogP contribution in [0.4, 0.5) is 0 Å². The summed E-state index contributed by atoms with van der Waals surface area (Å²) in [7, 11) is 0. The fraction of sp³-hybridized carbons (Fsp3) is 0.615. The van der Waals surface area contributed by atoms with Gasteiger partial charge in [0.1, 0.15) is 0 Å². The molecule has 0 bridgehead atoms.